The zero-order chi connectivity index (χ0) is 13.1. The molecule has 0 aliphatic heterocycles. The quantitative estimate of drug-likeness (QED) is 0.875. The maximum absolute atomic E-state index is 14.9. The fourth-order valence-corrected chi connectivity index (χ4v) is 1.84. The van der Waals surface area contributed by atoms with E-state index >= 15 is 0 Å². The van der Waals surface area contributed by atoms with E-state index in [1.54, 1.807) is 24.3 Å². The molecule has 0 saturated carbocycles. The molecule has 0 aromatic heterocycles. The maximum atomic E-state index is 14.9. The lowest BCUT2D eigenvalue weighted by Gasteiger charge is -2.37. The minimum Gasteiger partial charge on any atom is -0.494 e. The number of ether oxygens (including phenoxy) is 1. The van der Waals surface area contributed by atoms with Crippen molar-refractivity contribution >= 4 is 0 Å². The molecule has 0 bridgehead atoms. The summed E-state index contributed by atoms with van der Waals surface area (Å²) in [6.07, 6.45) is 0. The van der Waals surface area contributed by atoms with E-state index in [2.05, 4.69) is 0 Å². The lowest BCUT2D eigenvalue weighted by atomic mass is 9.73. The van der Waals surface area contributed by atoms with Gasteiger partial charge in [-0.3, -0.25) is 0 Å². The van der Waals surface area contributed by atoms with Crippen molar-refractivity contribution in [2.45, 2.75) is 33.4 Å². The molecule has 0 amide bonds. The molecule has 2 N–H and O–H groups in total. The third-order valence-electron chi connectivity index (χ3n) is 3.09. The lowest BCUT2D eigenvalue weighted by molar-refractivity contribution is 0.0343. The summed E-state index contributed by atoms with van der Waals surface area (Å²) in [6, 6.07) is 7.08. The van der Waals surface area contributed by atoms with Crippen LogP contribution in [0.2, 0.25) is 0 Å². The van der Waals surface area contributed by atoms with Crippen LogP contribution in [0.3, 0.4) is 0 Å². The summed E-state index contributed by atoms with van der Waals surface area (Å²) in [5.41, 5.74) is 4.17. The van der Waals surface area contributed by atoms with E-state index in [9.17, 15) is 4.39 Å². The van der Waals surface area contributed by atoms with Gasteiger partial charge in [-0.2, -0.15) is 0 Å². The van der Waals surface area contributed by atoms with E-state index in [-0.39, 0.29) is 6.54 Å². The fraction of sp³-hybridized carbons (Fsp3) is 0.571. The maximum Gasteiger partial charge on any atom is 0.152 e. The molecule has 0 saturated heterocycles. The van der Waals surface area contributed by atoms with E-state index < -0.39 is 11.1 Å². The molecule has 0 fully saturated rings. The summed E-state index contributed by atoms with van der Waals surface area (Å²) in [5.74, 6) is 0.754. The summed E-state index contributed by atoms with van der Waals surface area (Å²) in [6.45, 7) is 8.08. The Labute approximate surface area is 103 Å². The predicted molar refractivity (Wildman–Crippen MR) is 68.9 cm³/mol. The number of hydrogen-bond acceptors (Lipinski definition) is 2. The first-order chi connectivity index (χ1) is 7.85. The molecule has 0 heterocycles. The van der Waals surface area contributed by atoms with Crippen molar-refractivity contribution in [3.8, 4) is 5.75 Å². The molecule has 0 spiro atoms. The van der Waals surface area contributed by atoms with Crippen molar-refractivity contribution in [2.24, 2.45) is 11.1 Å². The van der Waals surface area contributed by atoms with Crippen molar-refractivity contribution in [1.29, 1.82) is 0 Å². The number of alkyl halides is 1. The summed E-state index contributed by atoms with van der Waals surface area (Å²) < 4.78 is 20.3. The molecule has 1 unspecified atom stereocenters. The van der Waals surface area contributed by atoms with Crippen molar-refractivity contribution < 1.29 is 9.13 Å². The van der Waals surface area contributed by atoms with E-state index in [1.807, 2.05) is 27.7 Å². The third-order valence-corrected chi connectivity index (χ3v) is 3.09. The Morgan fingerprint density at radius 3 is 2.06 bits per heavy atom. The molecular weight excluding hydrogens is 217 g/mol. The largest absolute Gasteiger partial charge is 0.494 e. The van der Waals surface area contributed by atoms with Crippen LogP contribution >= 0.6 is 0 Å². The standard InChI is InChI=1S/C14H22FNO/c1-5-17-12-8-6-11(7-9-12)14(15,10-16)13(2,3)4/h6-9H,5,10,16H2,1-4H3. The number of benzene rings is 1. The SMILES string of the molecule is CCOc1ccc(C(F)(CN)C(C)(C)C)cc1. The van der Waals surface area contributed by atoms with Gasteiger partial charge in [0.05, 0.1) is 6.61 Å². The van der Waals surface area contributed by atoms with Gasteiger partial charge in [-0.05, 0) is 24.6 Å². The molecule has 1 aromatic carbocycles. The van der Waals surface area contributed by atoms with Crippen LogP contribution in [0.25, 0.3) is 0 Å². The highest BCUT2D eigenvalue weighted by atomic mass is 19.1. The number of halogens is 1. The first kappa shape index (κ1) is 14.0. The lowest BCUT2D eigenvalue weighted by Crippen LogP contribution is -2.42. The van der Waals surface area contributed by atoms with E-state index in [1.165, 1.54) is 0 Å². The highest BCUT2D eigenvalue weighted by molar-refractivity contribution is 5.32. The predicted octanol–water partition coefficient (Wildman–Crippen LogP) is 3.25. The van der Waals surface area contributed by atoms with Gasteiger partial charge in [0.1, 0.15) is 5.75 Å². The second-order valence-electron chi connectivity index (χ2n) is 5.21. The second-order valence-corrected chi connectivity index (χ2v) is 5.21. The third kappa shape index (κ3) is 2.78. The molecule has 0 aliphatic carbocycles. The normalized spacial score (nSPS) is 15.4. The van der Waals surface area contributed by atoms with Crippen LogP contribution < -0.4 is 10.5 Å². The Morgan fingerprint density at radius 1 is 1.18 bits per heavy atom. The number of nitrogens with two attached hydrogens (primary N) is 1. The molecule has 3 heteroatoms. The Morgan fingerprint density at radius 2 is 1.71 bits per heavy atom. The smallest absolute Gasteiger partial charge is 0.152 e. The molecule has 1 rings (SSSR count). The van der Waals surface area contributed by atoms with Gasteiger partial charge in [0, 0.05) is 12.0 Å². The molecule has 0 aliphatic rings. The van der Waals surface area contributed by atoms with Crippen molar-refractivity contribution in [2.75, 3.05) is 13.2 Å². The van der Waals surface area contributed by atoms with Gasteiger partial charge in [-0.1, -0.05) is 32.9 Å². The second kappa shape index (κ2) is 5.05. The van der Waals surface area contributed by atoms with Crippen LogP contribution in [0.15, 0.2) is 24.3 Å². The average Bonchev–Trinajstić information content (AvgIpc) is 2.28. The number of hydrogen-bond donors (Lipinski definition) is 1. The molecule has 1 atom stereocenters. The van der Waals surface area contributed by atoms with Gasteiger partial charge in [0.25, 0.3) is 0 Å². The van der Waals surface area contributed by atoms with Gasteiger partial charge in [-0.25, -0.2) is 4.39 Å². The first-order valence-corrected chi connectivity index (χ1v) is 5.97. The molecule has 2 nitrogen and oxygen atoms in total. The number of rotatable bonds is 4. The molecule has 17 heavy (non-hydrogen) atoms. The fourth-order valence-electron chi connectivity index (χ4n) is 1.84. The summed E-state index contributed by atoms with van der Waals surface area (Å²) in [4.78, 5) is 0. The topological polar surface area (TPSA) is 35.2 Å². The van der Waals surface area contributed by atoms with Crippen molar-refractivity contribution in [3.05, 3.63) is 29.8 Å². The van der Waals surface area contributed by atoms with Crippen LogP contribution in [-0.2, 0) is 5.67 Å². The Kier molecular flexibility index (Phi) is 4.15. The van der Waals surface area contributed by atoms with E-state index in [0.717, 1.165) is 5.75 Å². The molecule has 0 radical (unpaired) electrons. The summed E-state index contributed by atoms with van der Waals surface area (Å²) in [5, 5.41) is 0. The van der Waals surface area contributed by atoms with Crippen molar-refractivity contribution in [3.63, 3.8) is 0 Å². The minimum absolute atomic E-state index is 0.0233. The van der Waals surface area contributed by atoms with Crippen LogP contribution in [0.4, 0.5) is 4.39 Å². The van der Waals surface area contributed by atoms with Crippen LogP contribution in [0, 0.1) is 5.41 Å². The van der Waals surface area contributed by atoms with Gasteiger partial charge < -0.3 is 10.5 Å². The van der Waals surface area contributed by atoms with E-state index in [4.69, 9.17) is 10.5 Å². The Balaban J connectivity index is 3.05. The van der Waals surface area contributed by atoms with E-state index in [0.29, 0.717) is 12.2 Å². The van der Waals surface area contributed by atoms with Gasteiger partial charge in [0.15, 0.2) is 5.67 Å². The zero-order valence-electron chi connectivity index (χ0n) is 11.1. The highest BCUT2D eigenvalue weighted by Crippen LogP contribution is 2.42. The first-order valence-electron chi connectivity index (χ1n) is 5.97. The highest BCUT2D eigenvalue weighted by Gasteiger charge is 2.42. The van der Waals surface area contributed by atoms with Crippen LogP contribution in [-0.4, -0.2) is 13.2 Å². The van der Waals surface area contributed by atoms with Gasteiger partial charge in [-0.15, -0.1) is 0 Å². The average molecular weight is 239 g/mol. The summed E-state index contributed by atoms with van der Waals surface area (Å²) in [7, 11) is 0. The van der Waals surface area contributed by atoms with Crippen LogP contribution in [0.5, 0.6) is 5.75 Å². The Hall–Kier alpha value is -1.09. The molecule has 96 valence electrons. The zero-order valence-corrected chi connectivity index (χ0v) is 11.1. The summed E-state index contributed by atoms with van der Waals surface area (Å²) >= 11 is 0. The van der Waals surface area contributed by atoms with Crippen LogP contribution in [0.1, 0.15) is 33.3 Å². The van der Waals surface area contributed by atoms with Gasteiger partial charge >= 0.3 is 0 Å². The van der Waals surface area contributed by atoms with Crippen molar-refractivity contribution in [1.82, 2.24) is 0 Å². The molecular formula is C14H22FNO. The minimum atomic E-state index is -1.52. The monoisotopic (exact) mass is 239 g/mol. The molecule has 1 aromatic rings. The van der Waals surface area contributed by atoms with Gasteiger partial charge in [0.2, 0.25) is 0 Å². The Bertz CT molecular complexity index is 355.